The minimum atomic E-state index is 0. The first-order valence-electron chi connectivity index (χ1n) is 3.98. The van der Waals surface area contributed by atoms with Crippen LogP contribution < -0.4 is 0 Å². The molecule has 0 aromatic heterocycles. The Balaban J connectivity index is 0.000000189. The van der Waals surface area contributed by atoms with E-state index >= 15 is 0 Å². The van der Waals surface area contributed by atoms with Crippen molar-refractivity contribution in [2.24, 2.45) is 0 Å². The van der Waals surface area contributed by atoms with Crippen molar-refractivity contribution in [2.45, 2.75) is 12.8 Å². The average molecular weight is 204 g/mol. The molecule has 0 fully saturated rings. The molecule has 2 aliphatic carbocycles. The smallest absolute Gasteiger partial charge is 0.00506 e. The largest absolute Gasteiger partial charge is 0.0842 e. The van der Waals surface area contributed by atoms with Crippen molar-refractivity contribution >= 4 is 0 Å². The van der Waals surface area contributed by atoms with Gasteiger partial charge in [-0.3, -0.25) is 0 Å². The Kier molecular flexibility index (Phi) is 8.18. The monoisotopic (exact) mass is 204 g/mol. The van der Waals surface area contributed by atoms with E-state index in [1.165, 1.54) is 12.8 Å². The Morgan fingerprint density at radius 3 is 1.25 bits per heavy atom. The summed E-state index contributed by atoms with van der Waals surface area (Å²) in [7, 11) is 0. The predicted octanol–water partition coefficient (Wildman–Crippen LogP) is 3.21. The van der Waals surface area contributed by atoms with Gasteiger partial charge in [-0.1, -0.05) is 48.6 Å². The van der Waals surface area contributed by atoms with E-state index in [9.17, 15) is 0 Å². The maximum Gasteiger partial charge on any atom is 0.00506 e. The summed E-state index contributed by atoms with van der Waals surface area (Å²) in [5.41, 5.74) is 0. The van der Waals surface area contributed by atoms with Crippen molar-refractivity contribution in [3.05, 3.63) is 55.0 Å². The van der Waals surface area contributed by atoms with Crippen LogP contribution in [0.15, 0.2) is 48.6 Å². The molecule has 0 saturated heterocycles. The van der Waals surface area contributed by atoms with Gasteiger partial charge in [0, 0.05) is 23.2 Å². The summed E-state index contributed by atoms with van der Waals surface area (Å²) in [6, 6.07) is 0. The summed E-state index contributed by atoms with van der Waals surface area (Å²) in [5.74, 6) is 0. The molecule has 2 aliphatic rings. The standard InChI is InChI=1S/C6H8.C5H5.Co/c1-2-4-6-5-3-1;1-2-4-5-3-1;/h1-4H,5-6H2;1-5H;. The first-order chi connectivity index (χ1) is 5.50. The molecule has 0 spiro atoms. The Morgan fingerprint density at radius 2 is 1.08 bits per heavy atom. The van der Waals surface area contributed by atoms with E-state index in [1.807, 2.05) is 30.7 Å². The number of hydrogen-bond donors (Lipinski definition) is 0. The summed E-state index contributed by atoms with van der Waals surface area (Å²) in [6.45, 7) is 0. The first kappa shape index (κ1) is 11.5. The molecule has 0 heterocycles. The first-order valence-corrected chi connectivity index (χ1v) is 3.98. The van der Waals surface area contributed by atoms with Gasteiger partial charge in [-0.15, -0.1) is 0 Å². The zero-order valence-corrected chi connectivity index (χ0v) is 7.98. The van der Waals surface area contributed by atoms with Gasteiger partial charge < -0.3 is 0 Å². The second kappa shape index (κ2) is 8.56. The molecule has 2 radical (unpaired) electrons. The van der Waals surface area contributed by atoms with Crippen LogP contribution in [0.4, 0.5) is 0 Å². The molecule has 0 nitrogen and oxygen atoms in total. The third-order valence-corrected chi connectivity index (χ3v) is 1.44. The molecule has 1 heteroatoms. The average Bonchev–Trinajstić information content (AvgIpc) is 2.64. The SMILES string of the molecule is C1=CCCC=C1.[CH]1C=CC=C1.[Co]. The van der Waals surface area contributed by atoms with Crippen LogP contribution in [0.25, 0.3) is 0 Å². The van der Waals surface area contributed by atoms with Crippen molar-refractivity contribution in [3.8, 4) is 0 Å². The molecule has 2 rings (SSSR count). The Morgan fingerprint density at radius 1 is 0.583 bits per heavy atom. The number of allylic oxidation sites excluding steroid dienone is 8. The summed E-state index contributed by atoms with van der Waals surface area (Å²) in [5, 5.41) is 0. The molecular formula is C11H13Co. The van der Waals surface area contributed by atoms with Gasteiger partial charge in [-0.05, 0) is 12.8 Å². The van der Waals surface area contributed by atoms with Gasteiger partial charge in [-0.2, -0.15) is 0 Å². The third-order valence-electron chi connectivity index (χ3n) is 1.44. The quantitative estimate of drug-likeness (QED) is 0.568. The molecule has 0 aromatic rings. The summed E-state index contributed by atoms with van der Waals surface area (Å²) >= 11 is 0. The van der Waals surface area contributed by atoms with Crippen LogP contribution >= 0.6 is 0 Å². The fraction of sp³-hybridized carbons (Fsp3) is 0.182. The van der Waals surface area contributed by atoms with Gasteiger partial charge in [-0.25, -0.2) is 0 Å². The molecule has 0 amide bonds. The fourth-order valence-electron chi connectivity index (χ4n) is 0.863. The molecule has 0 saturated carbocycles. The third kappa shape index (κ3) is 6.19. The van der Waals surface area contributed by atoms with Gasteiger partial charge in [0.05, 0.1) is 0 Å². The maximum atomic E-state index is 2.18. The zero-order valence-electron chi connectivity index (χ0n) is 6.94. The van der Waals surface area contributed by atoms with Crippen LogP contribution in [-0.4, -0.2) is 0 Å². The molecule has 0 bridgehead atoms. The van der Waals surface area contributed by atoms with Crippen LogP contribution in [0, 0.1) is 6.42 Å². The van der Waals surface area contributed by atoms with Crippen LogP contribution in [0.3, 0.4) is 0 Å². The van der Waals surface area contributed by atoms with E-state index in [2.05, 4.69) is 24.3 Å². The van der Waals surface area contributed by atoms with Crippen molar-refractivity contribution in [3.63, 3.8) is 0 Å². The Labute approximate surface area is 84.9 Å². The minimum Gasteiger partial charge on any atom is -0.0842 e. The van der Waals surface area contributed by atoms with Crippen LogP contribution in [0.2, 0.25) is 0 Å². The normalized spacial score (nSPS) is 16.7. The van der Waals surface area contributed by atoms with E-state index in [0.29, 0.717) is 0 Å². The van der Waals surface area contributed by atoms with E-state index in [-0.39, 0.29) is 16.8 Å². The van der Waals surface area contributed by atoms with Crippen molar-refractivity contribution < 1.29 is 16.8 Å². The molecule has 66 valence electrons. The van der Waals surface area contributed by atoms with E-state index < -0.39 is 0 Å². The van der Waals surface area contributed by atoms with Gasteiger partial charge in [0.25, 0.3) is 0 Å². The van der Waals surface area contributed by atoms with Crippen LogP contribution in [0.1, 0.15) is 12.8 Å². The summed E-state index contributed by atoms with van der Waals surface area (Å²) in [4.78, 5) is 0. The molecule has 12 heavy (non-hydrogen) atoms. The zero-order chi connectivity index (χ0) is 7.78. The topological polar surface area (TPSA) is 0 Å². The summed E-state index contributed by atoms with van der Waals surface area (Å²) in [6.07, 6.45) is 21.0. The van der Waals surface area contributed by atoms with E-state index in [1.54, 1.807) is 0 Å². The molecule has 0 aliphatic heterocycles. The predicted molar refractivity (Wildman–Crippen MR) is 50.1 cm³/mol. The Bertz CT molecular complexity index is 175. The second-order valence-corrected chi connectivity index (χ2v) is 2.40. The van der Waals surface area contributed by atoms with Gasteiger partial charge in [0.15, 0.2) is 0 Å². The molecule has 0 atom stereocenters. The van der Waals surface area contributed by atoms with E-state index in [4.69, 9.17) is 0 Å². The molecular weight excluding hydrogens is 191 g/mol. The summed E-state index contributed by atoms with van der Waals surface area (Å²) < 4.78 is 0. The van der Waals surface area contributed by atoms with Crippen molar-refractivity contribution in [1.82, 2.24) is 0 Å². The number of rotatable bonds is 0. The number of hydrogen-bond acceptors (Lipinski definition) is 0. The molecule has 0 unspecified atom stereocenters. The van der Waals surface area contributed by atoms with E-state index in [0.717, 1.165) is 0 Å². The molecule has 0 N–H and O–H groups in total. The second-order valence-electron chi connectivity index (χ2n) is 2.40. The van der Waals surface area contributed by atoms with Crippen molar-refractivity contribution in [1.29, 1.82) is 0 Å². The van der Waals surface area contributed by atoms with Crippen LogP contribution in [0.5, 0.6) is 0 Å². The van der Waals surface area contributed by atoms with Crippen LogP contribution in [-0.2, 0) is 16.8 Å². The van der Waals surface area contributed by atoms with Gasteiger partial charge in [0.1, 0.15) is 0 Å². The van der Waals surface area contributed by atoms with Gasteiger partial charge in [0.2, 0.25) is 0 Å². The van der Waals surface area contributed by atoms with Gasteiger partial charge >= 0.3 is 0 Å². The fourth-order valence-corrected chi connectivity index (χ4v) is 0.863. The maximum absolute atomic E-state index is 2.18. The Hall–Kier alpha value is -0.534. The van der Waals surface area contributed by atoms with Crippen molar-refractivity contribution in [2.75, 3.05) is 0 Å². The molecule has 0 aromatic carbocycles. The minimum absolute atomic E-state index is 0.